The molecule has 1 aromatic carbocycles. The molecule has 1 saturated carbocycles. The fraction of sp³-hybridized carbons (Fsp3) is 0.600. The summed E-state index contributed by atoms with van der Waals surface area (Å²) >= 11 is 3.64. The molecule has 1 aliphatic carbocycles. The van der Waals surface area contributed by atoms with E-state index < -0.39 is 0 Å². The average molecular weight is 328 g/mol. The minimum Gasteiger partial charge on any atom is -0.497 e. The minimum atomic E-state index is 0.433. The van der Waals surface area contributed by atoms with Crippen LogP contribution in [0.2, 0.25) is 0 Å². The van der Waals surface area contributed by atoms with E-state index in [-0.39, 0.29) is 0 Å². The number of halogens is 1. The third kappa shape index (κ3) is 4.20. The minimum absolute atomic E-state index is 0.433. The number of ether oxygens (including phenoxy) is 2. The van der Waals surface area contributed by atoms with Crippen LogP contribution in [0.5, 0.6) is 5.75 Å². The Morgan fingerprint density at radius 1 is 1.32 bits per heavy atom. The lowest BCUT2D eigenvalue weighted by Gasteiger charge is -2.17. The van der Waals surface area contributed by atoms with Gasteiger partial charge < -0.3 is 14.8 Å². The predicted molar refractivity (Wildman–Crippen MR) is 80.8 cm³/mol. The summed E-state index contributed by atoms with van der Waals surface area (Å²) in [6.07, 6.45) is 3.71. The standard InChI is InChI=1S/C15H22BrNO2/c1-18-8-7-17-11-15(5-6-15)10-12-9-13(19-2)3-4-14(12)16/h3-4,9,17H,5-8,10-11H2,1-2H3. The third-order valence-corrected chi connectivity index (χ3v) is 4.53. The van der Waals surface area contributed by atoms with Gasteiger partial charge in [0.05, 0.1) is 13.7 Å². The summed E-state index contributed by atoms with van der Waals surface area (Å²) in [5.41, 5.74) is 1.77. The molecule has 0 radical (unpaired) electrons. The van der Waals surface area contributed by atoms with E-state index in [0.29, 0.717) is 5.41 Å². The Morgan fingerprint density at radius 3 is 2.74 bits per heavy atom. The molecule has 0 aromatic heterocycles. The maximum absolute atomic E-state index is 5.30. The molecule has 0 bridgehead atoms. The van der Waals surface area contributed by atoms with E-state index in [4.69, 9.17) is 9.47 Å². The summed E-state index contributed by atoms with van der Waals surface area (Å²) in [4.78, 5) is 0. The molecule has 2 rings (SSSR count). The molecule has 0 amide bonds. The summed E-state index contributed by atoms with van der Waals surface area (Å²) in [5.74, 6) is 0.932. The topological polar surface area (TPSA) is 30.5 Å². The lowest BCUT2D eigenvalue weighted by atomic mass is 9.96. The van der Waals surface area contributed by atoms with E-state index in [9.17, 15) is 0 Å². The summed E-state index contributed by atoms with van der Waals surface area (Å²) < 4.78 is 11.5. The van der Waals surface area contributed by atoms with Gasteiger partial charge in [-0.15, -0.1) is 0 Å². The highest BCUT2D eigenvalue weighted by Crippen LogP contribution is 2.48. The zero-order valence-electron chi connectivity index (χ0n) is 11.7. The molecular weight excluding hydrogens is 306 g/mol. The van der Waals surface area contributed by atoms with Gasteiger partial charge in [-0.25, -0.2) is 0 Å². The predicted octanol–water partition coefficient (Wildman–Crippen LogP) is 3.02. The molecule has 19 heavy (non-hydrogen) atoms. The fourth-order valence-electron chi connectivity index (χ4n) is 2.34. The SMILES string of the molecule is COCCNCC1(Cc2cc(OC)ccc2Br)CC1. The molecule has 0 spiro atoms. The van der Waals surface area contributed by atoms with Gasteiger partial charge in [0.2, 0.25) is 0 Å². The highest BCUT2D eigenvalue weighted by molar-refractivity contribution is 9.10. The van der Waals surface area contributed by atoms with E-state index in [2.05, 4.69) is 33.4 Å². The first-order valence-electron chi connectivity index (χ1n) is 6.71. The Bertz CT molecular complexity index is 419. The van der Waals surface area contributed by atoms with Crippen LogP contribution in [0.15, 0.2) is 22.7 Å². The van der Waals surface area contributed by atoms with Gasteiger partial charge in [0, 0.05) is 24.7 Å². The second-order valence-electron chi connectivity index (χ2n) is 5.30. The van der Waals surface area contributed by atoms with E-state index in [0.717, 1.165) is 31.9 Å². The molecule has 0 atom stereocenters. The van der Waals surface area contributed by atoms with Gasteiger partial charge in [-0.1, -0.05) is 15.9 Å². The quantitative estimate of drug-likeness (QED) is 0.744. The van der Waals surface area contributed by atoms with Crippen LogP contribution < -0.4 is 10.1 Å². The van der Waals surface area contributed by atoms with Crippen molar-refractivity contribution in [3.63, 3.8) is 0 Å². The maximum atomic E-state index is 5.30. The summed E-state index contributed by atoms with van der Waals surface area (Å²) in [5, 5.41) is 3.49. The molecule has 0 heterocycles. The lowest BCUT2D eigenvalue weighted by Crippen LogP contribution is -2.28. The first kappa shape index (κ1) is 14.8. The van der Waals surface area contributed by atoms with Crippen molar-refractivity contribution in [2.75, 3.05) is 33.9 Å². The van der Waals surface area contributed by atoms with Crippen LogP contribution in [-0.2, 0) is 11.2 Å². The highest BCUT2D eigenvalue weighted by Gasteiger charge is 2.42. The van der Waals surface area contributed by atoms with Crippen molar-refractivity contribution in [3.05, 3.63) is 28.2 Å². The van der Waals surface area contributed by atoms with Crippen molar-refractivity contribution in [1.82, 2.24) is 5.32 Å². The van der Waals surface area contributed by atoms with Gasteiger partial charge in [0.15, 0.2) is 0 Å². The molecule has 3 nitrogen and oxygen atoms in total. The molecular formula is C15H22BrNO2. The van der Waals surface area contributed by atoms with Crippen LogP contribution in [0.3, 0.4) is 0 Å². The van der Waals surface area contributed by atoms with E-state index in [1.165, 1.54) is 22.9 Å². The van der Waals surface area contributed by atoms with Crippen molar-refractivity contribution in [1.29, 1.82) is 0 Å². The number of methoxy groups -OCH3 is 2. The summed E-state index contributed by atoms with van der Waals surface area (Å²) in [6, 6.07) is 6.20. The van der Waals surface area contributed by atoms with Crippen LogP contribution in [0.25, 0.3) is 0 Å². The van der Waals surface area contributed by atoms with Crippen molar-refractivity contribution in [2.24, 2.45) is 5.41 Å². The van der Waals surface area contributed by atoms with Crippen molar-refractivity contribution in [2.45, 2.75) is 19.3 Å². The van der Waals surface area contributed by atoms with Gasteiger partial charge in [-0.05, 0) is 48.4 Å². The van der Waals surface area contributed by atoms with E-state index in [1.54, 1.807) is 14.2 Å². The van der Waals surface area contributed by atoms with Gasteiger partial charge in [-0.3, -0.25) is 0 Å². The van der Waals surface area contributed by atoms with E-state index in [1.807, 2.05) is 6.07 Å². The molecule has 1 aromatic rings. The Morgan fingerprint density at radius 2 is 2.11 bits per heavy atom. The van der Waals surface area contributed by atoms with Gasteiger partial charge in [0.25, 0.3) is 0 Å². The molecule has 0 aliphatic heterocycles. The number of hydrogen-bond donors (Lipinski definition) is 1. The lowest BCUT2D eigenvalue weighted by molar-refractivity contribution is 0.197. The van der Waals surface area contributed by atoms with Crippen molar-refractivity contribution in [3.8, 4) is 5.75 Å². The van der Waals surface area contributed by atoms with Crippen LogP contribution in [0.4, 0.5) is 0 Å². The number of benzene rings is 1. The number of nitrogens with one attached hydrogen (secondary N) is 1. The molecule has 1 N–H and O–H groups in total. The second-order valence-corrected chi connectivity index (χ2v) is 6.16. The third-order valence-electron chi connectivity index (χ3n) is 3.76. The first-order valence-corrected chi connectivity index (χ1v) is 7.50. The fourth-order valence-corrected chi connectivity index (χ4v) is 2.72. The van der Waals surface area contributed by atoms with Crippen molar-refractivity contribution < 1.29 is 9.47 Å². The smallest absolute Gasteiger partial charge is 0.119 e. The molecule has 0 unspecified atom stereocenters. The van der Waals surface area contributed by atoms with Gasteiger partial charge in [-0.2, -0.15) is 0 Å². The summed E-state index contributed by atoms with van der Waals surface area (Å²) in [6.45, 7) is 2.77. The normalized spacial score (nSPS) is 16.4. The Hall–Kier alpha value is -0.580. The van der Waals surface area contributed by atoms with E-state index >= 15 is 0 Å². The maximum Gasteiger partial charge on any atom is 0.119 e. The largest absolute Gasteiger partial charge is 0.497 e. The molecule has 4 heteroatoms. The van der Waals surface area contributed by atoms with Crippen LogP contribution in [0, 0.1) is 5.41 Å². The Balaban J connectivity index is 1.92. The zero-order chi connectivity index (χ0) is 13.7. The molecule has 1 aliphatic rings. The number of hydrogen-bond acceptors (Lipinski definition) is 3. The molecule has 106 valence electrons. The van der Waals surface area contributed by atoms with Crippen LogP contribution in [0.1, 0.15) is 18.4 Å². The van der Waals surface area contributed by atoms with Crippen LogP contribution in [-0.4, -0.2) is 33.9 Å². The molecule has 1 fully saturated rings. The second kappa shape index (κ2) is 6.73. The average Bonchev–Trinajstić information content (AvgIpc) is 3.18. The van der Waals surface area contributed by atoms with Crippen LogP contribution >= 0.6 is 15.9 Å². The number of rotatable bonds is 8. The monoisotopic (exact) mass is 327 g/mol. The van der Waals surface area contributed by atoms with Gasteiger partial charge >= 0.3 is 0 Å². The van der Waals surface area contributed by atoms with Gasteiger partial charge in [0.1, 0.15) is 5.75 Å². The zero-order valence-corrected chi connectivity index (χ0v) is 13.3. The molecule has 0 saturated heterocycles. The Labute approximate surface area is 123 Å². The highest BCUT2D eigenvalue weighted by atomic mass is 79.9. The van der Waals surface area contributed by atoms with Crippen molar-refractivity contribution >= 4 is 15.9 Å². The first-order chi connectivity index (χ1) is 9.19. The Kier molecular flexibility index (Phi) is 5.25. The summed E-state index contributed by atoms with van der Waals surface area (Å²) in [7, 11) is 3.45.